The Balaban J connectivity index is 1.56. The van der Waals surface area contributed by atoms with Gasteiger partial charge in [-0.15, -0.1) is 0 Å². The van der Waals surface area contributed by atoms with Crippen molar-refractivity contribution in [3.05, 3.63) is 35.9 Å². The van der Waals surface area contributed by atoms with Gasteiger partial charge in [-0.3, -0.25) is 0 Å². The first-order chi connectivity index (χ1) is 13.7. The first-order valence-corrected chi connectivity index (χ1v) is 11.0. The molecular weight excluding hydrogens is 358 g/mol. The predicted octanol–water partition coefficient (Wildman–Crippen LogP) is 7.63. The summed E-state index contributed by atoms with van der Waals surface area (Å²) < 4.78 is 34.8. The van der Waals surface area contributed by atoms with E-state index in [1.54, 1.807) is 12.1 Å². The molecule has 1 fully saturated rings. The van der Waals surface area contributed by atoms with Crippen LogP contribution in [0.25, 0.3) is 6.08 Å². The molecule has 0 aliphatic heterocycles. The number of rotatable bonds is 13. The molecule has 28 heavy (non-hydrogen) atoms. The Hall–Kier alpha value is -1.42. The quantitative estimate of drug-likeness (QED) is 0.320. The summed E-state index contributed by atoms with van der Waals surface area (Å²) in [6.07, 6.45) is 18.6. The Labute approximate surface area is 169 Å². The van der Waals surface area contributed by atoms with Gasteiger partial charge in [0.1, 0.15) is 5.75 Å². The Bertz CT molecular complexity index is 534. The molecule has 0 unspecified atom stereocenters. The SMILES string of the molecule is CCCCCCCCCO[C@H]1CC[C@H](C=Cc2ccc(OC(F)F)cc2)CC1. The maximum atomic E-state index is 12.2. The van der Waals surface area contributed by atoms with E-state index in [1.807, 2.05) is 12.1 Å². The van der Waals surface area contributed by atoms with E-state index in [4.69, 9.17) is 4.74 Å². The van der Waals surface area contributed by atoms with Crippen molar-refractivity contribution in [2.45, 2.75) is 90.3 Å². The molecule has 0 radical (unpaired) electrons. The van der Waals surface area contributed by atoms with Crippen molar-refractivity contribution in [3.8, 4) is 5.75 Å². The van der Waals surface area contributed by atoms with E-state index in [2.05, 4.69) is 23.8 Å². The van der Waals surface area contributed by atoms with E-state index < -0.39 is 6.61 Å². The first kappa shape index (κ1) is 22.9. The Morgan fingerprint density at radius 1 is 0.929 bits per heavy atom. The summed E-state index contributed by atoms with van der Waals surface area (Å²) in [5, 5.41) is 0. The fourth-order valence-electron chi connectivity index (χ4n) is 3.76. The van der Waals surface area contributed by atoms with Crippen LogP contribution in [0.1, 0.15) is 83.1 Å². The second-order valence-corrected chi connectivity index (χ2v) is 7.84. The van der Waals surface area contributed by atoms with Gasteiger partial charge in [0.25, 0.3) is 0 Å². The van der Waals surface area contributed by atoms with Gasteiger partial charge in [0.15, 0.2) is 0 Å². The van der Waals surface area contributed by atoms with Gasteiger partial charge >= 0.3 is 6.61 Å². The lowest BCUT2D eigenvalue weighted by atomic mass is 9.87. The van der Waals surface area contributed by atoms with Crippen molar-refractivity contribution in [2.75, 3.05) is 6.61 Å². The largest absolute Gasteiger partial charge is 0.435 e. The maximum absolute atomic E-state index is 12.2. The molecule has 0 atom stereocenters. The molecule has 0 spiro atoms. The molecule has 0 heterocycles. The minimum absolute atomic E-state index is 0.200. The minimum Gasteiger partial charge on any atom is -0.435 e. The van der Waals surface area contributed by atoms with Crippen molar-refractivity contribution in [1.29, 1.82) is 0 Å². The van der Waals surface area contributed by atoms with E-state index in [0.29, 0.717) is 12.0 Å². The fraction of sp³-hybridized carbons (Fsp3) is 0.667. The molecule has 0 bridgehead atoms. The van der Waals surface area contributed by atoms with E-state index >= 15 is 0 Å². The summed E-state index contributed by atoms with van der Waals surface area (Å²) in [5.74, 6) is 0.779. The second-order valence-electron chi connectivity index (χ2n) is 7.84. The zero-order chi connectivity index (χ0) is 20.0. The van der Waals surface area contributed by atoms with Gasteiger partial charge in [-0.05, 0) is 55.7 Å². The Kier molecular flexibility index (Phi) is 11.2. The number of alkyl halides is 2. The third-order valence-corrected chi connectivity index (χ3v) is 5.49. The molecule has 1 aromatic rings. The standard InChI is InChI=1S/C24H36F2O2/c1-2-3-4-5-6-7-8-19-27-22-15-11-20(12-16-22)9-10-21-13-17-23(18-14-21)28-24(25)26/h9-10,13-14,17-18,20,22,24H,2-8,11-12,15-16,19H2,1H3/t20-,22-. The van der Waals surface area contributed by atoms with Crippen LogP contribution in [0.3, 0.4) is 0 Å². The molecule has 0 N–H and O–H groups in total. The summed E-state index contributed by atoms with van der Waals surface area (Å²) in [7, 11) is 0. The zero-order valence-electron chi connectivity index (χ0n) is 17.3. The van der Waals surface area contributed by atoms with Crippen LogP contribution in [0.15, 0.2) is 30.3 Å². The molecule has 2 rings (SSSR count). The van der Waals surface area contributed by atoms with Crippen molar-refractivity contribution in [1.82, 2.24) is 0 Å². The van der Waals surface area contributed by atoms with Gasteiger partial charge in [-0.2, -0.15) is 8.78 Å². The molecule has 1 aliphatic carbocycles. The van der Waals surface area contributed by atoms with Crippen LogP contribution in [0.5, 0.6) is 5.75 Å². The number of unbranched alkanes of at least 4 members (excludes halogenated alkanes) is 6. The third kappa shape index (κ3) is 9.68. The highest BCUT2D eigenvalue weighted by molar-refractivity contribution is 5.50. The van der Waals surface area contributed by atoms with E-state index in [0.717, 1.165) is 37.9 Å². The van der Waals surface area contributed by atoms with E-state index in [9.17, 15) is 8.78 Å². The van der Waals surface area contributed by atoms with E-state index in [1.165, 1.54) is 44.9 Å². The number of hydrogen-bond donors (Lipinski definition) is 0. The van der Waals surface area contributed by atoms with Crippen LogP contribution in [0, 0.1) is 5.92 Å². The summed E-state index contributed by atoms with van der Waals surface area (Å²) >= 11 is 0. The van der Waals surface area contributed by atoms with Crippen LogP contribution in [-0.2, 0) is 4.74 Å². The van der Waals surface area contributed by atoms with Crippen LogP contribution >= 0.6 is 0 Å². The molecule has 0 aromatic heterocycles. The number of hydrogen-bond acceptors (Lipinski definition) is 2. The van der Waals surface area contributed by atoms with Gasteiger partial charge in [0, 0.05) is 6.61 Å². The molecule has 4 heteroatoms. The molecule has 0 amide bonds. The number of halogens is 2. The lowest BCUT2D eigenvalue weighted by Gasteiger charge is -2.27. The summed E-state index contributed by atoms with van der Waals surface area (Å²) in [5.41, 5.74) is 1.01. The summed E-state index contributed by atoms with van der Waals surface area (Å²) in [4.78, 5) is 0. The monoisotopic (exact) mass is 394 g/mol. The molecular formula is C24H36F2O2. The topological polar surface area (TPSA) is 18.5 Å². The smallest absolute Gasteiger partial charge is 0.387 e. The highest BCUT2D eigenvalue weighted by atomic mass is 19.3. The third-order valence-electron chi connectivity index (χ3n) is 5.49. The van der Waals surface area contributed by atoms with Crippen molar-refractivity contribution >= 4 is 6.08 Å². The zero-order valence-corrected chi connectivity index (χ0v) is 17.3. The van der Waals surface area contributed by atoms with Crippen LogP contribution < -0.4 is 4.74 Å². The van der Waals surface area contributed by atoms with Crippen molar-refractivity contribution in [2.24, 2.45) is 5.92 Å². The van der Waals surface area contributed by atoms with Crippen LogP contribution in [-0.4, -0.2) is 19.3 Å². The fourth-order valence-corrected chi connectivity index (χ4v) is 3.76. The summed E-state index contributed by atoms with van der Waals surface area (Å²) in [6, 6.07) is 6.79. The second kappa shape index (κ2) is 13.7. The number of benzene rings is 1. The lowest BCUT2D eigenvalue weighted by Crippen LogP contribution is -2.21. The minimum atomic E-state index is -2.77. The maximum Gasteiger partial charge on any atom is 0.387 e. The first-order valence-electron chi connectivity index (χ1n) is 11.0. The highest BCUT2D eigenvalue weighted by Crippen LogP contribution is 2.28. The summed E-state index contributed by atoms with van der Waals surface area (Å²) in [6.45, 7) is 0.389. The number of ether oxygens (including phenoxy) is 2. The molecule has 2 nitrogen and oxygen atoms in total. The normalized spacial score (nSPS) is 20.1. The molecule has 0 saturated heterocycles. The van der Waals surface area contributed by atoms with Gasteiger partial charge in [0.2, 0.25) is 0 Å². The molecule has 1 aromatic carbocycles. The Morgan fingerprint density at radius 2 is 1.57 bits per heavy atom. The van der Waals surface area contributed by atoms with E-state index in [-0.39, 0.29) is 5.75 Å². The van der Waals surface area contributed by atoms with Crippen LogP contribution in [0.4, 0.5) is 8.78 Å². The van der Waals surface area contributed by atoms with Gasteiger partial charge in [-0.1, -0.05) is 69.7 Å². The van der Waals surface area contributed by atoms with Gasteiger partial charge in [0.05, 0.1) is 6.10 Å². The average Bonchev–Trinajstić information content (AvgIpc) is 2.70. The average molecular weight is 395 g/mol. The Morgan fingerprint density at radius 3 is 2.21 bits per heavy atom. The molecule has 1 aliphatic rings. The van der Waals surface area contributed by atoms with Gasteiger partial charge < -0.3 is 9.47 Å². The van der Waals surface area contributed by atoms with Crippen LogP contribution in [0.2, 0.25) is 0 Å². The molecule has 1 saturated carbocycles. The predicted molar refractivity (Wildman–Crippen MR) is 112 cm³/mol. The lowest BCUT2D eigenvalue weighted by molar-refractivity contribution is -0.0498. The van der Waals surface area contributed by atoms with Gasteiger partial charge in [-0.25, -0.2) is 0 Å². The highest BCUT2D eigenvalue weighted by Gasteiger charge is 2.19. The molecule has 158 valence electrons. The van der Waals surface area contributed by atoms with Crippen molar-refractivity contribution in [3.63, 3.8) is 0 Å². The van der Waals surface area contributed by atoms with Crippen molar-refractivity contribution < 1.29 is 18.3 Å². The number of allylic oxidation sites excluding steroid dienone is 1.